The maximum absolute atomic E-state index is 12.4. The number of sulfonamides is 1. The van der Waals surface area contributed by atoms with Crippen LogP contribution in [0, 0.1) is 0 Å². The van der Waals surface area contributed by atoms with Gasteiger partial charge >= 0.3 is 0 Å². The fourth-order valence-electron chi connectivity index (χ4n) is 2.46. The number of benzene rings is 2. The van der Waals surface area contributed by atoms with Crippen molar-refractivity contribution in [3.63, 3.8) is 0 Å². The summed E-state index contributed by atoms with van der Waals surface area (Å²) in [6, 6.07) is 12.9. The molecule has 3 rings (SSSR count). The Morgan fingerprint density at radius 2 is 1.63 bits per heavy atom. The lowest BCUT2D eigenvalue weighted by Crippen LogP contribution is -2.39. The molecule has 2 aromatic carbocycles. The molecule has 1 N–H and O–H groups in total. The third-order valence-corrected chi connectivity index (χ3v) is 4.83. The Kier molecular flexibility index (Phi) is 3.26. The Hall–Kier alpha value is -1.43. The molecule has 0 aromatic heterocycles. The Balaban J connectivity index is 2.02. The van der Waals surface area contributed by atoms with E-state index in [1.165, 1.54) is 0 Å². The zero-order valence-corrected chi connectivity index (χ0v) is 11.4. The zero-order chi connectivity index (χ0) is 13.3. The average Bonchev–Trinajstić information content (AvgIpc) is 2.90. The summed E-state index contributed by atoms with van der Waals surface area (Å²) in [5.74, 6) is 0. The van der Waals surface area contributed by atoms with Crippen LogP contribution in [0.2, 0.25) is 0 Å². The molecule has 0 aliphatic carbocycles. The van der Waals surface area contributed by atoms with Gasteiger partial charge in [0.05, 0.1) is 4.90 Å². The maximum Gasteiger partial charge on any atom is 0.254 e. The molecule has 0 saturated carbocycles. The van der Waals surface area contributed by atoms with E-state index in [0.717, 1.165) is 36.7 Å². The summed E-state index contributed by atoms with van der Waals surface area (Å²) >= 11 is 0. The molecule has 0 atom stereocenters. The van der Waals surface area contributed by atoms with Crippen molar-refractivity contribution in [1.29, 1.82) is 0 Å². The van der Waals surface area contributed by atoms with Crippen LogP contribution in [0.4, 0.5) is 0 Å². The minimum atomic E-state index is -3.49. The number of hydrogen-bond acceptors (Lipinski definition) is 3. The van der Waals surface area contributed by atoms with Gasteiger partial charge in [-0.15, -0.1) is 4.83 Å². The Morgan fingerprint density at radius 3 is 2.42 bits per heavy atom. The second-order valence-corrected chi connectivity index (χ2v) is 6.40. The smallest absolute Gasteiger partial charge is 0.230 e. The van der Waals surface area contributed by atoms with E-state index in [1.54, 1.807) is 17.1 Å². The lowest BCUT2D eigenvalue weighted by molar-refractivity contribution is 0.300. The van der Waals surface area contributed by atoms with E-state index in [4.69, 9.17) is 0 Å². The van der Waals surface area contributed by atoms with Gasteiger partial charge in [0.15, 0.2) is 0 Å². The highest BCUT2D eigenvalue weighted by Gasteiger charge is 2.22. The summed E-state index contributed by atoms with van der Waals surface area (Å²) in [5.41, 5.74) is 0. The van der Waals surface area contributed by atoms with Crippen molar-refractivity contribution in [2.24, 2.45) is 0 Å². The SMILES string of the molecule is O=S(=O)(NN1CCCC1)c1cccc2ccccc12. The van der Waals surface area contributed by atoms with Crippen LogP contribution in [0.15, 0.2) is 47.4 Å². The molecule has 19 heavy (non-hydrogen) atoms. The van der Waals surface area contributed by atoms with Crippen LogP contribution < -0.4 is 4.83 Å². The van der Waals surface area contributed by atoms with Crippen LogP contribution in [-0.2, 0) is 10.0 Å². The van der Waals surface area contributed by atoms with Gasteiger partial charge in [-0.3, -0.25) is 0 Å². The highest BCUT2D eigenvalue weighted by molar-refractivity contribution is 7.89. The number of hydrogen-bond donors (Lipinski definition) is 1. The van der Waals surface area contributed by atoms with Crippen molar-refractivity contribution >= 4 is 20.8 Å². The van der Waals surface area contributed by atoms with Crippen LogP contribution in [0.1, 0.15) is 12.8 Å². The monoisotopic (exact) mass is 276 g/mol. The van der Waals surface area contributed by atoms with Crippen molar-refractivity contribution in [3.05, 3.63) is 42.5 Å². The van der Waals surface area contributed by atoms with Gasteiger partial charge in [-0.1, -0.05) is 36.4 Å². The molecule has 4 nitrogen and oxygen atoms in total. The van der Waals surface area contributed by atoms with Gasteiger partial charge in [-0.2, -0.15) is 0 Å². The van der Waals surface area contributed by atoms with E-state index in [-0.39, 0.29) is 0 Å². The molecular formula is C14H16N2O2S. The minimum Gasteiger partial charge on any atom is -0.230 e. The predicted octanol–water partition coefficient (Wildman–Crippen LogP) is 2.13. The normalized spacial score (nSPS) is 17.1. The minimum absolute atomic E-state index is 0.345. The fourth-order valence-corrected chi connectivity index (χ4v) is 3.81. The van der Waals surface area contributed by atoms with Gasteiger partial charge in [0.25, 0.3) is 10.0 Å². The summed E-state index contributed by atoms with van der Waals surface area (Å²) < 4.78 is 24.9. The maximum atomic E-state index is 12.4. The standard InChI is InChI=1S/C14H16N2O2S/c17-19(18,15-16-10-3-4-11-16)14-9-5-7-12-6-1-2-8-13(12)14/h1-2,5-9,15H,3-4,10-11H2. The molecule has 0 radical (unpaired) electrons. The molecule has 1 saturated heterocycles. The van der Waals surface area contributed by atoms with Crippen molar-refractivity contribution in [2.45, 2.75) is 17.7 Å². The molecule has 100 valence electrons. The Bertz CT molecular complexity index is 686. The molecule has 1 fully saturated rings. The number of nitrogens with one attached hydrogen (secondary N) is 1. The first-order chi connectivity index (χ1) is 9.17. The van der Waals surface area contributed by atoms with Gasteiger partial charge in [-0.25, -0.2) is 13.4 Å². The largest absolute Gasteiger partial charge is 0.254 e. The third-order valence-electron chi connectivity index (χ3n) is 3.39. The summed E-state index contributed by atoms with van der Waals surface area (Å²) in [4.78, 5) is 3.01. The number of nitrogens with zero attached hydrogens (tertiary/aromatic N) is 1. The summed E-state index contributed by atoms with van der Waals surface area (Å²) in [7, 11) is -3.49. The molecule has 1 heterocycles. The van der Waals surface area contributed by atoms with Crippen LogP contribution in [0.5, 0.6) is 0 Å². The van der Waals surface area contributed by atoms with Crippen molar-refractivity contribution in [2.75, 3.05) is 13.1 Å². The number of fused-ring (bicyclic) bond motifs is 1. The van der Waals surface area contributed by atoms with E-state index in [0.29, 0.717) is 4.90 Å². The molecule has 0 amide bonds. The highest BCUT2D eigenvalue weighted by atomic mass is 32.2. The molecule has 1 aliphatic heterocycles. The summed E-state index contributed by atoms with van der Waals surface area (Å²) in [6.45, 7) is 1.56. The lowest BCUT2D eigenvalue weighted by atomic mass is 10.1. The predicted molar refractivity (Wildman–Crippen MR) is 75.1 cm³/mol. The first-order valence-electron chi connectivity index (χ1n) is 6.42. The molecule has 1 aliphatic rings. The van der Waals surface area contributed by atoms with Gasteiger partial charge in [0.2, 0.25) is 0 Å². The molecule has 0 spiro atoms. The fraction of sp³-hybridized carbons (Fsp3) is 0.286. The van der Waals surface area contributed by atoms with E-state index in [9.17, 15) is 8.42 Å². The van der Waals surface area contributed by atoms with Crippen LogP contribution in [0.25, 0.3) is 10.8 Å². The lowest BCUT2D eigenvalue weighted by Gasteiger charge is -2.17. The average molecular weight is 276 g/mol. The zero-order valence-electron chi connectivity index (χ0n) is 10.5. The molecule has 2 aromatic rings. The van der Waals surface area contributed by atoms with E-state index < -0.39 is 10.0 Å². The van der Waals surface area contributed by atoms with Crippen LogP contribution in [-0.4, -0.2) is 26.5 Å². The Labute approximate surface area is 113 Å². The van der Waals surface area contributed by atoms with Crippen LogP contribution in [0.3, 0.4) is 0 Å². The van der Waals surface area contributed by atoms with E-state index >= 15 is 0 Å². The first-order valence-corrected chi connectivity index (χ1v) is 7.90. The van der Waals surface area contributed by atoms with Crippen molar-refractivity contribution in [1.82, 2.24) is 9.84 Å². The van der Waals surface area contributed by atoms with Crippen LogP contribution >= 0.6 is 0 Å². The second kappa shape index (κ2) is 4.92. The van der Waals surface area contributed by atoms with Gasteiger partial charge in [-0.05, 0) is 24.3 Å². The van der Waals surface area contributed by atoms with E-state index in [1.807, 2.05) is 30.3 Å². The molecule has 5 heteroatoms. The molecule has 0 bridgehead atoms. The molecule has 0 unspecified atom stereocenters. The second-order valence-electron chi connectivity index (χ2n) is 4.77. The topological polar surface area (TPSA) is 49.4 Å². The number of rotatable bonds is 3. The van der Waals surface area contributed by atoms with Crippen molar-refractivity contribution < 1.29 is 8.42 Å². The third kappa shape index (κ3) is 2.49. The van der Waals surface area contributed by atoms with Gasteiger partial charge < -0.3 is 0 Å². The van der Waals surface area contributed by atoms with Gasteiger partial charge in [0, 0.05) is 18.5 Å². The van der Waals surface area contributed by atoms with E-state index in [2.05, 4.69) is 4.83 Å². The first kappa shape index (κ1) is 12.6. The summed E-state index contributed by atoms with van der Waals surface area (Å²) in [6.07, 6.45) is 2.08. The van der Waals surface area contributed by atoms with Crippen molar-refractivity contribution in [3.8, 4) is 0 Å². The van der Waals surface area contributed by atoms with Gasteiger partial charge in [0.1, 0.15) is 0 Å². The Morgan fingerprint density at radius 1 is 0.947 bits per heavy atom. The molecular weight excluding hydrogens is 260 g/mol. The summed E-state index contributed by atoms with van der Waals surface area (Å²) in [5, 5.41) is 3.47. The highest BCUT2D eigenvalue weighted by Crippen LogP contribution is 2.23. The quantitative estimate of drug-likeness (QED) is 0.934. The number of hydrazine groups is 1.